The highest BCUT2D eigenvalue weighted by atomic mass is 16.5. The smallest absolute Gasteiger partial charge is 0.220 e. The first-order chi connectivity index (χ1) is 9.17. The lowest BCUT2D eigenvalue weighted by atomic mass is 9.76. The lowest BCUT2D eigenvalue weighted by Crippen LogP contribution is -2.44. The van der Waals surface area contributed by atoms with Crippen molar-refractivity contribution < 1.29 is 14.3 Å². The van der Waals surface area contributed by atoms with E-state index < -0.39 is 0 Å². The lowest BCUT2D eigenvalue weighted by molar-refractivity contribution is -0.123. The Hall–Kier alpha value is -1.71. The van der Waals surface area contributed by atoms with Gasteiger partial charge >= 0.3 is 0 Å². The normalized spacial score (nSPS) is 26.5. The zero-order valence-corrected chi connectivity index (χ0v) is 11.2. The monoisotopic (exact) mass is 261 g/mol. The van der Waals surface area contributed by atoms with Gasteiger partial charge in [-0.05, 0) is 24.1 Å². The molecule has 0 bridgehead atoms. The highest BCUT2D eigenvalue weighted by Gasteiger charge is 2.32. The van der Waals surface area contributed by atoms with Crippen molar-refractivity contribution >= 4 is 5.91 Å². The molecule has 4 heteroatoms. The fraction of sp³-hybridized carbons (Fsp3) is 0.533. The molecule has 0 saturated carbocycles. The number of piperidine rings is 1. The molecule has 4 nitrogen and oxygen atoms in total. The van der Waals surface area contributed by atoms with Crippen LogP contribution < -0.4 is 14.8 Å². The Kier molecular flexibility index (Phi) is 3.09. The molecule has 102 valence electrons. The largest absolute Gasteiger partial charge is 0.490 e. The molecule has 1 amide bonds. The number of hydrogen-bond donors (Lipinski definition) is 1. The van der Waals surface area contributed by atoms with Gasteiger partial charge in [0.1, 0.15) is 0 Å². The van der Waals surface area contributed by atoms with Crippen molar-refractivity contribution in [2.45, 2.75) is 31.6 Å². The molecule has 0 spiro atoms. The number of carbonyl (C=O) groups excluding carboxylic acids is 1. The van der Waals surface area contributed by atoms with E-state index in [9.17, 15) is 4.79 Å². The molecule has 1 atom stereocenters. The summed E-state index contributed by atoms with van der Waals surface area (Å²) in [5.74, 6) is 1.80. The maximum Gasteiger partial charge on any atom is 0.220 e. The van der Waals surface area contributed by atoms with Crippen LogP contribution in [0.1, 0.15) is 31.7 Å². The number of rotatable bonds is 1. The zero-order chi connectivity index (χ0) is 13.3. The first-order valence-corrected chi connectivity index (χ1v) is 6.84. The fourth-order valence-corrected chi connectivity index (χ4v) is 2.64. The molecule has 1 aromatic carbocycles. The second-order valence-electron chi connectivity index (χ2n) is 5.55. The van der Waals surface area contributed by atoms with Gasteiger partial charge in [0.2, 0.25) is 5.91 Å². The molecule has 0 radical (unpaired) electrons. The van der Waals surface area contributed by atoms with E-state index in [2.05, 4.69) is 24.4 Å². The fourth-order valence-electron chi connectivity index (χ4n) is 2.64. The maximum absolute atomic E-state index is 11.3. The van der Waals surface area contributed by atoms with Gasteiger partial charge in [0.15, 0.2) is 11.5 Å². The van der Waals surface area contributed by atoms with E-state index in [-0.39, 0.29) is 11.3 Å². The number of amides is 1. The summed E-state index contributed by atoms with van der Waals surface area (Å²) in [6.45, 7) is 4.28. The van der Waals surface area contributed by atoms with Gasteiger partial charge in [0.25, 0.3) is 0 Å². The summed E-state index contributed by atoms with van der Waals surface area (Å²) in [7, 11) is 0. The SMILES string of the molecule is CC1(c2ccc3c(c2)OCCCO3)CCC(=O)NC1. The van der Waals surface area contributed by atoms with Crippen LogP contribution in [-0.4, -0.2) is 25.7 Å². The quantitative estimate of drug-likeness (QED) is 0.841. The van der Waals surface area contributed by atoms with E-state index >= 15 is 0 Å². The predicted octanol–water partition coefficient (Wildman–Crippen LogP) is 2.02. The number of benzene rings is 1. The molecule has 1 unspecified atom stereocenters. The Balaban J connectivity index is 1.89. The highest BCUT2D eigenvalue weighted by Crippen LogP contribution is 2.37. The van der Waals surface area contributed by atoms with E-state index in [0.717, 1.165) is 24.3 Å². The van der Waals surface area contributed by atoms with Crippen molar-refractivity contribution in [3.05, 3.63) is 23.8 Å². The van der Waals surface area contributed by atoms with Crippen LogP contribution in [0, 0.1) is 0 Å². The summed E-state index contributed by atoms with van der Waals surface area (Å²) in [6.07, 6.45) is 2.38. The third-order valence-corrected chi connectivity index (χ3v) is 4.02. The average Bonchev–Trinajstić information content (AvgIpc) is 2.66. The van der Waals surface area contributed by atoms with Crippen molar-refractivity contribution in [2.24, 2.45) is 0 Å². The van der Waals surface area contributed by atoms with Crippen molar-refractivity contribution in [3.8, 4) is 11.5 Å². The van der Waals surface area contributed by atoms with E-state index in [1.54, 1.807) is 0 Å². The standard InChI is InChI=1S/C15H19NO3/c1-15(6-5-14(17)16-10-15)11-3-4-12-13(9-11)19-8-2-7-18-12/h3-4,9H,2,5-8,10H2,1H3,(H,16,17). The van der Waals surface area contributed by atoms with Crippen LogP contribution >= 0.6 is 0 Å². The number of hydrogen-bond acceptors (Lipinski definition) is 3. The Morgan fingerprint density at radius 2 is 2.00 bits per heavy atom. The predicted molar refractivity (Wildman–Crippen MR) is 71.6 cm³/mol. The van der Waals surface area contributed by atoms with Gasteiger partial charge in [0.05, 0.1) is 13.2 Å². The summed E-state index contributed by atoms with van der Waals surface area (Å²) in [5, 5.41) is 2.95. The Morgan fingerprint density at radius 1 is 1.21 bits per heavy atom. The molecule has 1 N–H and O–H groups in total. The highest BCUT2D eigenvalue weighted by molar-refractivity contribution is 5.77. The van der Waals surface area contributed by atoms with Gasteiger partial charge in [-0.1, -0.05) is 13.0 Å². The van der Waals surface area contributed by atoms with Crippen LogP contribution in [0.5, 0.6) is 11.5 Å². The Labute approximate surface area is 113 Å². The van der Waals surface area contributed by atoms with Crippen LogP contribution in [0.2, 0.25) is 0 Å². The third kappa shape index (κ3) is 2.39. The number of fused-ring (bicyclic) bond motifs is 1. The van der Waals surface area contributed by atoms with Crippen LogP contribution in [0.4, 0.5) is 0 Å². The minimum Gasteiger partial charge on any atom is -0.490 e. The molecule has 2 aliphatic heterocycles. The average molecular weight is 261 g/mol. The topological polar surface area (TPSA) is 47.6 Å². The molecule has 1 fully saturated rings. The van der Waals surface area contributed by atoms with Crippen molar-refractivity contribution in [1.82, 2.24) is 5.32 Å². The second kappa shape index (κ2) is 4.76. The Morgan fingerprint density at radius 3 is 2.74 bits per heavy atom. The molecule has 2 heterocycles. The number of carbonyl (C=O) groups is 1. The van der Waals surface area contributed by atoms with Gasteiger partial charge in [0, 0.05) is 24.8 Å². The second-order valence-corrected chi connectivity index (χ2v) is 5.55. The molecule has 1 saturated heterocycles. The summed E-state index contributed by atoms with van der Waals surface area (Å²) in [5.41, 5.74) is 1.19. The van der Waals surface area contributed by atoms with Crippen molar-refractivity contribution in [1.29, 1.82) is 0 Å². The van der Waals surface area contributed by atoms with Crippen molar-refractivity contribution in [2.75, 3.05) is 19.8 Å². The zero-order valence-electron chi connectivity index (χ0n) is 11.2. The molecule has 0 aliphatic carbocycles. The molecule has 0 aromatic heterocycles. The van der Waals surface area contributed by atoms with Crippen LogP contribution in [0.25, 0.3) is 0 Å². The van der Waals surface area contributed by atoms with Crippen LogP contribution in [0.15, 0.2) is 18.2 Å². The van der Waals surface area contributed by atoms with Crippen molar-refractivity contribution in [3.63, 3.8) is 0 Å². The summed E-state index contributed by atoms with van der Waals surface area (Å²) >= 11 is 0. The van der Waals surface area contributed by atoms with Crippen LogP contribution in [0.3, 0.4) is 0 Å². The lowest BCUT2D eigenvalue weighted by Gasteiger charge is -2.34. The maximum atomic E-state index is 11.3. The number of ether oxygens (including phenoxy) is 2. The minimum absolute atomic E-state index is 0.0153. The molecule has 2 aliphatic rings. The number of nitrogens with one attached hydrogen (secondary N) is 1. The van der Waals surface area contributed by atoms with E-state index in [0.29, 0.717) is 26.2 Å². The van der Waals surface area contributed by atoms with Gasteiger partial charge in [-0.25, -0.2) is 0 Å². The van der Waals surface area contributed by atoms with Gasteiger partial charge in [-0.2, -0.15) is 0 Å². The molecule has 1 aromatic rings. The minimum atomic E-state index is -0.0153. The summed E-state index contributed by atoms with van der Waals surface area (Å²) in [6, 6.07) is 6.14. The first kappa shape index (κ1) is 12.3. The third-order valence-electron chi connectivity index (χ3n) is 4.02. The molecular weight excluding hydrogens is 242 g/mol. The Bertz CT molecular complexity index is 488. The first-order valence-electron chi connectivity index (χ1n) is 6.84. The van der Waals surface area contributed by atoms with E-state index in [4.69, 9.17) is 9.47 Å². The van der Waals surface area contributed by atoms with E-state index in [1.165, 1.54) is 5.56 Å². The molecular formula is C15H19NO3. The summed E-state index contributed by atoms with van der Waals surface area (Å²) in [4.78, 5) is 11.3. The van der Waals surface area contributed by atoms with E-state index in [1.807, 2.05) is 6.07 Å². The van der Waals surface area contributed by atoms with Crippen LogP contribution in [-0.2, 0) is 10.2 Å². The molecule has 19 heavy (non-hydrogen) atoms. The van der Waals surface area contributed by atoms with Gasteiger partial charge in [-0.15, -0.1) is 0 Å². The van der Waals surface area contributed by atoms with Gasteiger partial charge < -0.3 is 14.8 Å². The molecule has 3 rings (SSSR count). The summed E-state index contributed by atoms with van der Waals surface area (Å²) < 4.78 is 11.4. The van der Waals surface area contributed by atoms with Gasteiger partial charge in [-0.3, -0.25) is 4.79 Å².